The van der Waals surface area contributed by atoms with Crippen molar-refractivity contribution >= 4 is 11.7 Å². The fraction of sp³-hybridized carbons (Fsp3) is 0. The van der Waals surface area contributed by atoms with Gasteiger partial charge in [0.1, 0.15) is 11.5 Å². The summed E-state index contributed by atoms with van der Waals surface area (Å²) in [5.41, 5.74) is 0.510. The van der Waals surface area contributed by atoms with Crippen LogP contribution in [-0.4, -0.2) is 15.8 Å². The summed E-state index contributed by atoms with van der Waals surface area (Å²) in [4.78, 5) is 8.11. The molecule has 0 bridgehead atoms. The lowest BCUT2D eigenvalue weighted by atomic mass is 10.3. The van der Waals surface area contributed by atoms with Gasteiger partial charge in [0, 0.05) is 12.4 Å². The summed E-state index contributed by atoms with van der Waals surface area (Å²) in [5, 5.41) is 9.07. The van der Waals surface area contributed by atoms with Gasteiger partial charge in [0.05, 0.1) is 0 Å². The van der Waals surface area contributed by atoms with Crippen LogP contribution in [0.3, 0.4) is 0 Å². The number of rotatable bonds is 2. The van der Waals surface area contributed by atoms with Crippen LogP contribution < -0.4 is 10.9 Å². The normalized spacial score (nSPS) is 9.81. The zero-order chi connectivity index (χ0) is 11.4. The number of hydrazine groups is 1. The Labute approximate surface area is 93.0 Å². The summed E-state index contributed by atoms with van der Waals surface area (Å²) >= 11 is 0. The highest BCUT2D eigenvalue weighted by Gasteiger charge is 2.11. The Morgan fingerprint density at radius 1 is 1.06 bits per heavy atom. The molecule has 2 rings (SSSR count). The molecule has 0 aliphatic carbocycles. The first kappa shape index (κ1) is 10.3. The van der Waals surface area contributed by atoms with Crippen LogP contribution in [0.15, 0.2) is 48.8 Å². The van der Waals surface area contributed by atoms with Crippen LogP contribution in [0.1, 0.15) is 5.69 Å². The van der Waals surface area contributed by atoms with Crippen LogP contribution in [-0.2, 0) is 0 Å². The van der Waals surface area contributed by atoms with E-state index in [0.29, 0.717) is 11.5 Å². The summed E-state index contributed by atoms with van der Waals surface area (Å²) in [6.45, 7) is 0. The van der Waals surface area contributed by atoms with Crippen molar-refractivity contribution in [2.24, 2.45) is 5.84 Å². The molecule has 0 atom stereocenters. The summed E-state index contributed by atoms with van der Waals surface area (Å²) in [5.74, 6) is 6.40. The molecule has 0 aromatic carbocycles. The fourth-order valence-corrected chi connectivity index (χ4v) is 1.24. The van der Waals surface area contributed by atoms with Gasteiger partial charge in [-0.2, -0.15) is 0 Å². The molecular formula is C11H11N5. The van der Waals surface area contributed by atoms with E-state index in [1.807, 2.05) is 12.1 Å². The van der Waals surface area contributed by atoms with Crippen molar-refractivity contribution in [2.75, 3.05) is 5.01 Å². The first-order valence-corrected chi connectivity index (χ1v) is 4.75. The van der Waals surface area contributed by atoms with Gasteiger partial charge in [-0.3, -0.25) is 10.4 Å². The van der Waals surface area contributed by atoms with Crippen LogP contribution in [0.2, 0.25) is 0 Å². The molecule has 2 aromatic rings. The summed E-state index contributed by atoms with van der Waals surface area (Å²) < 4.78 is 0. The molecule has 5 nitrogen and oxygen atoms in total. The molecule has 5 heteroatoms. The largest absolute Gasteiger partial charge is 0.281 e. The Kier molecular flexibility index (Phi) is 2.88. The number of hydrogen-bond donors (Lipinski definition) is 2. The Hall–Kier alpha value is -2.27. The summed E-state index contributed by atoms with van der Waals surface area (Å²) in [6.07, 6.45) is 3.25. The average molecular weight is 213 g/mol. The molecule has 0 aliphatic heterocycles. The zero-order valence-corrected chi connectivity index (χ0v) is 8.54. The second-order valence-electron chi connectivity index (χ2n) is 3.12. The SMILES string of the molecule is N=C(c1ccccn1)N(N)c1ccccn1. The molecule has 0 saturated heterocycles. The Bertz CT molecular complexity index is 468. The number of pyridine rings is 2. The molecule has 0 unspecified atom stereocenters. The third-order valence-corrected chi connectivity index (χ3v) is 2.04. The quantitative estimate of drug-likeness (QED) is 0.340. The van der Waals surface area contributed by atoms with Crippen molar-refractivity contribution in [1.29, 1.82) is 5.41 Å². The van der Waals surface area contributed by atoms with Crippen molar-refractivity contribution in [1.82, 2.24) is 9.97 Å². The van der Waals surface area contributed by atoms with Gasteiger partial charge in [0.2, 0.25) is 0 Å². The predicted molar refractivity (Wildman–Crippen MR) is 62.0 cm³/mol. The van der Waals surface area contributed by atoms with E-state index in [0.717, 1.165) is 0 Å². The Morgan fingerprint density at radius 2 is 1.75 bits per heavy atom. The van der Waals surface area contributed by atoms with Gasteiger partial charge in [0.15, 0.2) is 5.84 Å². The summed E-state index contributed by atoms with van der Waals surface area (Å²) in [7, 11) is 0. The second-order valence-corrected chi connectivity index (χ2v) is 3.12. The van der Waals surface area contributed by atoms with Crippen LogP contribution in [0.25, 0.3) is 0 Å². The van der Waals surface area contributed by atoms with Gasteiger partial charge in [-0.05, 0) is 24.3 Å². The minimum atomic E-state index is 0.110. The highest BCUT2D eigenvalue weighted by atomic mass is 15.4. The van der Waals surface area contributed by atoms with E-state index in [1.54, 1.807) is 36.7 Å². The maximum absolute atomic E-state index is 7.87. The average Bonchev–Trinajstić information content (AvgIpc) is 2.39. The molecule has 80 valence electrons. The highest BCUT2D eigenvalue weighted by Crippen LogP contribution is 2.08. The lowest BCUT2D eigenvalue weighted by Crippen LogP contribution is -2.38. The molecule has 0 aliphatic rings. The van der Waals surface area contributed by atoms with Crippen LogP contribution in [0, 0.1) is 5.41 Å². The van der Waals surface area contributed by atoms with Gasteiger partial charge >= 0.3 is 0 Å². The van der Waals surface area contributed by atoms with Crippen molar-refractivity contribution in [3.8, 4) is 0 Å². The Morgan fingerprint density at radius 3 is 2.31 bits per heavy atom. The fourth-order valence-electron chi connectivity index (χ4n) is 1.24. The second kappa shape index (κ2) is 4.50. The molecule has 0 spiro atoms. The monoisotopic (exact) mass is 213 g/mol. The van der Waals surface area contributed by atoms with E-state index in [4.69, 9.17) is 11.3 Å². The topological polar surface area (TPSA) is 78.9 Å². The van der Waals surface area contributed by atoms with Crippen molar-refractivity contribution in [3.05, 3.63) is 54.5 Å². The van der Waals surface area contributed by atoms with Crippen LogP contribution in [0.4, 0.5) is 5.82 Å². The molecule has 0 fully saturated rings. The predicted octanol–water partition coefficient (Wildman–Crippen LogP) is 1.18. The van der Waals surface area contributed by atoms with Crippen molar-refractivity contribution < 1.29 is 0 Å². The maximum atomic E-state index is 7.87. The van der Waals surface area contributed by atoms with Gasteiger partial charge in [-0.1, -0.05) is 12.1 Å². The minimum absolute atomic E-state index is 0.110. The molecule has 2 heterocycles. The summed E-state index contributed by atoms with van der Waals surface area (Å²) in [6, 6.07) is 10.7. The highest BCUT2D eigenvalue weighted by molar-refractivity contribution is 6.05. The van der Waals surface area contributed by atoms with Crippen molar-refractivity contribution in [2.45, 2.75) is 0 Å². The van der Waals surface area contributed by atoms with E-state index >= 15 is 0 Å². The van der Waals surface area contributed by atoms with Gasteiger partial charge < -0.3 is 0 Å². The molecular weight excluding hydrogens is 202 g/mol. The number of nitrogens with one attached hydrogen (secondary N) is 1. The van der Waals surface area contributed by atoms with E-state index in [2.05, 4.69) is 9.97 Å². The molecule has 3 N–H and O–H groups in total. The third kappa shape index (κ3) is 2.04. The first-order valence-electron chi connectivity index (χ1n) is 4.75. The molecule has 0 radical (unpaired) electrons. The molecule has 0 amide bonds. The number of aromatic nitrogens is 2. The lowest BCUT2D eigenvalue weighted by molar-refractivity contribution is 1.05. The zero-order valence-electron chi connectivity index (χ0n) is 8.54. The lowest BCUT2D eigenvalue weighted by Gasteiger charge is -2.17. The van der Waals surface area contributed by atoms with Crippen LogP contribution >= 0.6 is 0 Å². The Balaban J connectivity index is 2.24. The maximum Gasteiger partial charge on any atom is 0.167 e. The van der Waals surface area contributed by atoms with Gasteiger partial charge in [-0.15, -0.1) is 0 Å². The number of hydrogen-bond acceptors (Lipinski definition) is 4. The molecule has 2 aromatic heterocycles. The number of anilines is 1. The van der Waals surface area contributed by atoms with Gasteiger partial charge in [0.25, 0.3) is 0 Å². The number of nitrogens with zero attached hydrogens (tertiary/aromatic N) is 3. The third-order valence-electron chi connectivity index (χ3n) is 2.04. The number of amidine groups is 1. The van der Waals surface area contributed by atoms with E-state index in [9.17, 15) is 0 Å². The smallest absolute Gasteiger partial charge is 0.167 e. The first-order chi connectivity index (χ1) is 7.79. The van der Waals surface area contributed by atoms with Crippen LogP contribution in [0.5, 0.6) is 0 Å². The van der Waals surface area contributed by atoms with E-state index < -0.39 is 0 Å². The van der Waals surface area contributed by atoms with Crippen molar-refractivity contribution in [3.63, 3.8) is 0 Å². The molecule has 0 saturated carbocycles. The van der Waals surface area contributed by atoms with E-state index in [-0.39, 0.29) is 5.84 Å². The molecule has 16 heavy (non-hydrogen) atoms. The standard InChI is InChI=1S/C11H11N5/c12-11(9-5-1-3-7-14-9)16(13)10-6-2-4-8-15-10/h1-8,12H,13H2. The van der Waals surface area contributed by atoms with E-state index in [1.165, 1.54) is 5.01 Å². The minimum Gasteiger partial charge on any atom is -0.281 e. The number of nitrogens with two attached hydrogens (primary N) is 1. The van der Waals surface area contributed by atoms with Gasteiger partial charge in [-0.25, -0.2) is 15.8 Å².